The molecule has 0 aromatic carbocycles. The second-order valence-electron chi connectivity index (χ2n) is 2.56. The summed E-state index contributed by atoms with van der Waals surface area (Å²) in [5.74, 6) is 0. The van der Waals surface area contributed by atoms with Gasteiger partial charge in [-0.15, -0.1) is 0 Å². The summed E-state index contributed by atoms with van der Waals surface area (Å²) in [7, 11) is 0. The first-order valence-electron chi connectivity index (χ1n) is 3.39. The standard InChI is InChI=1S/C6H11FO4/c7-5-4(1-8)11-2-3(9)6(5)10/h3-6,8-10H,1-2H2/t3-,4+,5+,6+/m0/s1. The average Bonchev–Trinajstić information content (AvgIpc) is 2.01. The van der Waals surface area contributed by atoms with Crippen LogP contribution in [0.3, 0.4) is 0 Å². The van der Waals surface area contributed by atoms with Gasteiger partial charge in [-0.25, -0.2) is 4.39 Å². The molecule has 5 heteroatoms. The van der Waals surface area contributed by atoms with Crippen LogP contribution in [0.4, 0.5) is 4.39 Å². The fourth-order valence-electron chi connectivity index (χ4n) is 0.998. The van der Waals surface area contributed by atoms with Gasteiger partial charge in [-0.05, 0) is 0 Å². The van der Waals surface area contributed by atoms with Crippen LogP contribution in [0, 0.1) is 0 Å². The van der Waals surface area contributed by atoms with E-state index in [0.717, 1.165) is 0 Å². The molecule has 1 fully saturated rings. The van der Waals surface area contributed by atoms with Gasteiger partial charge in [-0.2, -0.15) is 0 Å². The van der Waals surface area contributed by atoms with Crippen LogP contribution < -0.4 is 0 Å². The Morgan fingerprint density at radius 2 is 2.09 bits per heavy atom. The van der Waals surface area contributed by atoms with E-state index in [4.69, 9.17) is 15.3 Å². The minimum Gasteiger partial charge on any atom is -0.394 e. The van der Waals surface area contributed by atoms with Crippen molar-refractivity contribution in [1.29, 1.82) is 0 Å². The van der Waals surface area contributed by atoms with Gasteiger partial charge >= 0.3 is 0 Å². The van der Waals surface area contributed by atoms with Crippen LogP contribution in [0.25, 0.3) is 0 Å². The third-order valence-corrected chi connectivity index (χ3v) is 1.74. The van der Waals surface area contributed by atoms with E-state index in [1.807, 2.05) is 0 Å². The monoisotopic (exact) mass is 166 g/mol. The minimum absolute atomic E-state index is 0.132. The summed E-state index contributed by atoms with van der Waals surface area (Å²) in [6.07, 6.45) is -5.34. The molecule has 66 valence electrons. The van der Waals surface area contributed by atoms with Crippen molar-refractivity contribution in [1.82, 2.24) is 0 Å². The molecule has 0 aromatic heterocycles. The van der Waals surface area contributed by atoms with E-state index < -0.39 is 31.1 Å². The van der Waals surface area contributed by atoms with Crippen molar-refractivity contribution < 1.29 is 24.4 Å². The zero-order valence-electron chi connectivity index (χ0n) is 5.85. The second kappa shape index (κ2) is 3.44. The van der Waals surface area contributed by atoms with Gasteiger partial charge in [-0.3, -0.25) is 0 Å². The molecule has 0 aliphatic carbocycles. The predicted molar refractivity (Wildman–Crippen MR) is 33.7 cm³/mol. The maximum absolute atomic E-state index is 12.8. The number of aliphatic hydroxyl groups is 3. The molecule has 0 amide bonds. The highest BCUT2D eigenvalue weighted by Crippen LogP contribution is 2.17. The first-order chi connectivity index (χ1) is 5.16. The molecule has 0 unspecified atom stereocenters. The molecule has 1 saturated heterocycles. The van der Waals surface area contributed by atoms with Gasteiger partial charge in [0, 0.05) is 0 Å². The summed E-state index contributed by atoms with van der Waals surface area (Å²) in [6.45, 7) is -0.613. The molecule has 3 N–H and O–H groups in total. The fourth-order valence-corrected chi connectivity index (χ4v) is 0.998. The Morgan fingerprint density at radius 3 is 2.64 bits per heavy atom. The van der Waals surface area contributed by atoms with Crippen molar-refractivity contribution >= 4 is 0 Å². The molecule has 1 aliphatic rings. The molecular weight excluding hydrogens is 155 g/mol. The van der Waals surface area contributed by atoms with Crippen LogP contribution in [-0.4, -0.2) is 53.0 Å². The van der Waals surface area contributed by atoms with Crippen LogP contribution in [0.5, 0.6) is 0 Å². The SMILES string of the molecule is OC[C@H]1OC[C@H](O)[C@@H](O)[C@@H]1F. The molecular formula is C6H11FO4. The van der Waals surface area contributed by atoms with Gasteiger partial charge in [0.25, 0.3) is 0 Å². The molecule has 11 heavy (non-hydrogen) atoms. The normalized spacial score (nSPS) is 45.8. The van der Waals surface area contributed by atoms with Crippen molar-refractivity contribution in [3.8, 4) is 0 Å². The highest BCUT2D eigenvalue weighted by molar-refractivity contribution is 4.86. The number of rotatable bonds is 1. The van der Waals surface area contributed by atoms with Crippen molar-refractivity contribution in [3.05, 3.63) is 0 Å². The lowest BCUT2D eigenvalue weighted by Gasteiger charge is -2.32. The first kappa shape index (κ1) is 8.86. The molecule has 1 rings (SSSR count). The molecule has 4 nitrogen and oxygen atoms in total. The van der Waals surface area contributed by atoms with Gasteiger partial charge in [0.05, 0.1) is 13.2 Å². The van der Waals surface area contributed by atoms with E-state index in [2.05, 4.69) is 4.74 Å². The van der Waals surface area contributed by atoms with Gasteiger partial charge < -0.3 is 20.1 Å². The Hall–Kier alpha value is -0.230. The van der Waals surface area contributed by atoms with Crippen LogP contribution in [0.15, 0.2) is 0 Å². The van der Waals surface area contributed by atoms with Crippen LogP contribution in [0.2, 0.25) is 0 Å². The summed E-state index contributed by atoms with van der Waals surface area (Å²) in [5.41, 5.74) is 0. The molecule has 4 atom stereocenters. The molecule has 0 radical (unpaired) electrons. The highest BCUT2D eigenvalue weighted by atomic mass is 19.1. The van der Waals surface area contributed by atoms with Gasteiger partial charge in [0.1, 0.15) is 18.3 Å². The van der Waals surface area contributed by atoms with E-state index in [1.165, 1.54) is 0 Å². The summed E-state index contributed by atoms with van der Waals surface area (Å²) in [4.78, 5) is 0. The van der Waals surface area contributed by atoms with Crippen molar-refractivity contribution in [2.75, 3.05) is 13.2 Å². The predicted octanol–water partition coefficient (Wildman–Crippen LogP) is -1.56. The summed E-state index contributed by atoms with van der Waals surface area (Å²) < 4.78 is 17.5. The Labute approximate surface area is 63.2 Å². The molecule has 0 spiro atoms. The van der Waals surface area contributed by atoms with Gasteiger partial charge in [-0.1, -0.05) is 0 Å². The highest BCUT2D eigenvalue weighted by Gasteiger charge is 2.38. The summed E-state index contributed by atoms with van der Waals surface area (Å²) >= 11 is 0. The number of ether oxygens (including phenoxy) is 1. The van der Waals surface area contributed by atoms with E-state index in [9.17, 15) is 4.39 Å². The van der Waals surface area contributed by atoms with Crippen molar-refractivity contribution in [3.63, 3.8) is 0 Å². The number of hydrogen-bond acceptors (Lipinski definition) is 4. The minimum atomic E-state index is -1.70. The molecule has 0 bridgehead atoms. The van der Waals surface area contributed by atoms with Crippen LogP contribution in [-0.2, 0) is 4.74 Å². The lowest BCUT2D eigenvalue weighted by molar-refractivity contribution is -0.173. The van der Waals surface area contributed by atoms with E-state index >= 15 is 0 Å². The third kappa shape index (κ3) is 1.67. The maximum Gasteiger partial charge on any atom is 0.157 e. The molecule has 1 aliphatic heterocycles. The zero-order valence-corrected chi connectivity index (χ0v) is 5.85. The number of aliphatic hydroxyl groups excluding tert-OH is 3. The van der Waals surface area contributed by atoms with Crippen LogP contribution >= 0.6 is 0 Å². The maximum atomic E-state index is 12.8. The topological polar surface area (TPSA) is 69.9 Å². The largest absolute Gasteiger partial charge is 0.394 e. The third-order valence-electron chi connectivity index (χ3n) is 1.74. The van der Waals surface area contributed by atoms with E-state index in [1.54, 1.807) is 0 Å². The Kier molecular flexibility index (Phi) is 2.78. The lowest BCUT2D eigenvalue weighted by atomic mass is 10.0. The lowest BCUT2D eigenvalue weighted by Crippen LogP contribution is -2.51. The average molecular weight is 166 g/mol. The number of alkyl halides is 1. The number of hydrogen-bond donors (Lipinski definition) is 3. The van der Waals surface area contributed by atoms with Gasteiger partial charge in [0.2, 0.25) is 0 Å². The Balaban J connectivity index is 2.52. The van der Waals surface area contributed by atoms with Gasteiger partial charge in [0.15, 0.2) is 6.17 Å². The van der Waals surface area contributed by atoms with Crippen molar-refractivity contribution in [2.45, 2.75) is 24.5 Å². The van der Waals surface area contributed by atoms with E-state index in [0.29, 0.717) is 0 Å². The van der Waals surface area contributed by atoms with Crippen LogP contribution in [0.1, 0.15) is 0 Å². The second-order valence-corrected chi connectivity index (χ2v) is 2.56. The summed E-state index contributed by atoms with van der Waals surface area (Å²) in [5, 5.41) is 26.3. The molecule has 0 aromatic rings. The first-order valence-corrected chi connectivity index (χ1v) is 3.39. The Morgan fingerprint density at radius 1 is 1.45 bits per heavy atom. The van der Waals surface area contributed by atoms with Crippen molar-refractivity contribution in [2.24, 2.45) is 0 Å². The molecule has 1 heterocycles. The smallest absolute Gasteiger partial charge is 0.157 e. The summed E-state index contributed by atoms with van der Waals surface area (Å²) in [6, 6.07) is 0. The van der Waals surface area contributed by atoms with E-state index in [-0.39, 0.29) is 6.61 Å². The number of halogens is 1. The quantitative estimate of drug-likeness (QED) is 0.440. The Bertz CT molecular complexity index is 130. The zero-order chi connectivity index (χ0) is 8.43. The molecule has 0 saturated carbocycles. The fraction of sp³-hybridized carbons (Fsp3) is 1.00.